The van der Waals surface area contributed by atoms with Gasteiger partial charge in [0, 0.05) is 12.1 Å². The van der Waals surface area contributed by atoms with Crippen LogP contribution in [-0.2, 0) is 0 Å². The van der Waals surface area contributed by atoms with Gasteiger partial charge in [0.1, 0.15) is 0 Å². The van der Waals surface area contributed by atoms with Gasteiger partial charge in [-0.1, -0.05) is 24.6 Å². The Morgan fingerprint density at radius 1 is 1.29 bits per heavy atom. The largest absolute Gasteiger partial charge is 0.393 e. The zero-order valence-electron chi connectivity index (χ0n) is 10.7. The smallest absolute Gasteiger partial charge is 0.251 e. The SMILES string of the molecule is Cc1ccc(C(=O)NCC(C)CC(C)O)cc1. The first-order chi connectivity index (χ1) is 7.99. The van der Waals surface area contributed by atoms with Crippen LogP contribution in [0.3, 0.4) is 0 Å². The number of aliphatic hydroxyl groups is 1. The van der Waals surface area contributed by atoms with Gasteiger partial charge in [0.05, 0.1) is 6.10 Å². The molecule has 0 aliphatic rings. The molecule has 0 radical (unpaired) electrons. The van der Waals surface area contributed by atoms with Crippen molar-refractivity contribution in [1.29, 1.82) is 0 Å². The minimum atomic E-state index is -0.318. The summed E-state index contributed by atoms with van der Waals surface area (Å²) >= 11 is 0. The average molecular weight is 235 g/mol. The van der Waals surface area contributed by atoms with Gasteiger partial charge in [0.15, 0.2) is 0 Å². The number of nitrogens with one attached hydrogen (secondary N) is 1. The van der Waals surface area contributed by atoms with Crippen LogP contribution in [0.1, 0.15) is 36.2 Å². The van der Waals surface area contributed by atoms with Gasteiger partial charge in [-0.3, -0.25) is 4.79 Å². The van der Waals surface area contributed by atoms with Crippen molar-refractivity contribution in [2.75, 3.05) is 6.54 Å². The lowest BCUT2D eigenvalue weighted by Gasteiger charge is -2.14. The molecule has 0 spiro atoms. The maximum Gasteiger partial charge on any atom is 0.251 e. The van der Waals surface area contributed by atoms with Crippen LogP contribution in [0.4, 0.5) is 0 Å². The molecule has 1 amide bonds. The van der Waals surface area contributed by atoms with E-state index in [1.807, 2.05) is 38.1 Å². The van der Waals surface area contributed by atoms with Gasteiger partial charge in [-0.15, -0.1) is 0 Å². The Morgan fingerprint density at radius 2 is 1.88 bits per heavy atom. The zero-order chi connectivity index (χ0) is 12.8. The van der Waals surface area contributed by atoms with Gasteiger partial charge in [0.25, 0.3) is 5.91 Å². The molecule has 3 heteroatoms. The second-order valence-corrected chi connectivity index (χ2v) is 4.77. The molecule has 2 N–H and O–H groups in total. The van der Waals surface area contributed by atoms with Crippen LogP contribution in [0.5, 0.6) is 0 Å². The summed E-state index contributed by atoms with van der Waals surface area (Å²) in [6.45, 7) is 6.37. The molecule has 0 aliphatic heterocycles. The molecule has 0 saturated carbocycles. The number of amides is 1. The summed E-state index contributed by atoms with van der Waals surface area (Å²) in [5.74, 6) is 0.229. The summed E-state index contributed by atoms with van der Waals surface area (Å²) in [7, 11) is 0. The molecule has 1 aromatic rings. The van der Waals surface area contributed by atoms with Gasteiger partial charge in [-0.25, -0.2) is 0 Å². The molecule has 0 bridgehead atoms. The van der Waals surface area contributed by atoms with Crippen LogP contribution >= 0.6 is 0 Å². The Morgan fingerprint density at radius 3 is 2.41 bits per heavy atom. The van der Waals surface area contributed by atoms with Gasteiger partial charge in [0.2, 0.25) is 0 Å². The maximum absolute atomic E-state index is 11.8. The first kappa shape index (κ1) is 13.7. The van der Waals surface area contributed by atoms with Crippen LogP contribution in [0.2, 0.25) is 0 Å². The summed E-state index contributed by atoms with van der Waals surface area (Å²) in [6.07, 6.45) is 0.384. The Kier molecular flexibility index (Phi) is 5.16. The van der Waals surface area contributed by atoms with Crippen LogP contribution in [-0.4, -0.2) is 23.7 Å². The third-order valence-electron chi connectivity index (χ3n) is 2.67. The monoisotopic (exact) mass is 235 g/mol. The van der Waals surface area contributed by atoms with Crippen molar-refractivity contribution >= 4 is 5.91 Å². The lowest BCUT2D eigenvalue weighted by molar-refractivity contribution is 0.0939. The number of hydrogen-bond donors (Lipinski definition) is 2. The normalized spacial score (nSPS) is 14.1. The molecule has 2 atom stereocenters. The number of carbonyl (C=O) groups excluding carboxylic acids is 1. The van der Waals surface area contributed by atoms with E-state index in [1.165, 1.54) is 0 Å². The number of aryl methyl sites for hydroxylation is 1. The highest BCUT2D eigenvalue weighted by molar-refractivity contribution is 5.94. The topological polar surface area (TPSA) is 49.3 Å². The van der Waals surface area contributed by atoms with Crippen LogP contribution in [0, 0.1) is 12.8 Å². The van der Waals surface area contributed by atoms with E-state index in [9.17, 15) is 9.90 Å². The van der Waals surface area contributed by atoms with Crippen LogP contribution in [0.15, 0.2) is 24.3 Å². The molecule has 0 saturated heterocycles. The summed E-state index contributed by atoms with van der Waals surface area (Å²) in [6, 6.07) is 7.50. The Balaban J connectivity index is 2.42. The Hall–Kier alpha value is -1.35. The van der Waals surface area contributed by atoms with Gasteiger partial charge in [-0.2, -0.15) is 0 Å². The number of carbonyl (C=O) groups is 1. The average Bonchev–Trinajstić information content (AvgIpc) is 2.26. The molecule has 94 valence electrons. The molecule has 0 aliphatic carbocycles. The van der Waals surface area contributed by atoms with Gasteiger partial charge < -0.3 is 10.4 Å². The summed E-state index contributed by atoms with van der Waals surface area (Å²) in [5, 5.41) is 12.1. The molecule has 3 nitrogen and oxygen atoms in total. The Labute approximate surface area is 103 Å². The van der Waals surface area contributed by atoms with Crippen LogP contribution < -0.4 is 5.32 Å². The van der Waals surface area contributed by atoms with Crippen molar-refractivity contribution in [2.24, 2.45) is 5.92 Å². The third-order valence-corrected chi connectivity index (χ3v) is 2.67. The molecular formula is C14H21NO2. The van der Waals surface area contributed by atoms with Crippen molar-refractivity contribution in [3.63, 3.8) is 0 Å². The summed E-state index contributed by atoms with van der Waals surface area (Å²) < 4.78 is 0. The lowest BCUT2D eigenvalue weighted by Crippen LogP contribution is -2.29. The molecule has 0 aromatic heterocycles. The van der Waals surface area contributed by atoms with Crippen molar-refractivity contribution in [3.8, 4) is 0 Å². The molecular weight excluding hydrogens is 214 g/mol. The summed E-state index contributed by atoms with van der Waals surface area (Å²) in [4.78, 5) is 11.8. The fourth-order valence-electron chi connectivity index (χ4n) is 1.74. The highest BCUT2D eigenvalue weighted by atomic mass is 16.3. The summed E-state index contributed by atoms with van der Waals surface area (Å²) in [5.41, 5.74) is 1.82. The minimum absolute atomic E-state index is 0.0533. The van der Waals surface area contributed by atoms with Crippen LogP contribution in [0.25, 0.3) is 0 Å². The van der Waals surface area contributed by atoms with Gasteiger partial charge in [-0.05, 0) is 38.3 Å². The standard InChI is InChI=1S/C14H21NO2/c1-10-4-6-13(7-5-10)14(17)15-9-11(2)8-12(3)16/h4-7,11-12,16H,8-9H2,1-3H3,(H,15,17). The quantitative estimate of drug-likeness (QED) is 0.821. The van der Waals surface area contributed by atoms with E-state index in [0.29, 0.717) is 18.5 Å². The fraction of sp³-hybridized carbons (Fsp3) is 0.500. The van der Waals surface area contributed by atoms with Crippen molar-refractivity contribution in [2.45, 2.75) is 33.3 Å². The van der Waals surface area contributed by atoms with Crippen molar-refractivity contribution < 1.29 is 9.90 Å². The molecule has 17 heavy (non-hydrogen) atoms. The highest BCUT2D eigenvalue weighted by Gasteiger charge is 2.09. The lowest BCUT2D eigenvalue weighted by atomic mass is 10.0. The van der Waals surface area contributed by atoms with E-state index >= 15 is 0 Å². The van der Waals surface area contributed by atoms with Gasteiger partial charge >= 0.3 is 0 Å². The van der Waals surface area contributed by atoms with E-state index in [1.54, 1.807) is 6.92 Å². The molecule has 2 unspecified atom stereocenters. The Bertz CT molecular complexity index is 357. The number of benzene rings is 1. The highest BCUT2D eigenvalue weighted by Crippen LogP contribution is 2.06. The fourth-order valence-corrected chi connectivity index (χ4v) is 1.74. The third kappa shape index (κ3) is 5.00. The molecule has 0 heterocycles. The molecule has 1 aromatic carbocycles. The number of aliphatic hydroxyl groups excluding tert-OH is 1. The van der Waals surface area contributed by atoms with E-state index in [-0.39, 0.29) is 17.9 Å². The first-order valence-electron chi connectivity index (χ1n) is 6.02. The van der Waals surface area contributed by atoms with E-state index in [4.69, 9.17) is 0 Å². The predicted molar refractivity (Wildman–Crippen MR) is 69.0 cm³/mol. The minimum Gasteiger partial charge on any atom is -0.393 e. The maximum atomic E-state index is 11.8. The van der Waals surface area contributed by atoms with E-state index in [0.717, 1.165) is 5.56 Å². The van der Waals surface area contributed by atoms with E-state index in [2.05, 4.69) is 5.32 Å². The first-order valence-corrected chi connectivity index (χ1v) is 6.02. The molecule has 1 rings (SSSR count). The molecule has 0 fully saturated rings. The predicted octanol–water partition coefficient (Wildman–Crippen LogP) is 2.13. The second-order valence-electron chi connectivity index (χ2n) is 4.77. The van der Waals surface area contributed by atoms with Crippen molar-refractivity contribution in [1.82, 2.24) is 5.32 Å². The zero-order valence-corrected chi connectivity index (χ0v) is 10.7. The number of rotatable bonds is 5. The van der Waals surface area contributed by atoms with E-state index < -0.39 is 0 Å². The second kappa shape index (κ2) is 6.40. The van der Waals surface area contributed by atoms with Crippen molar-refractivity contribution in [3.05, 3.63) is 35.4 Å². The number of hydrogen-bond acceptors (Lipinski definition) is 2.